The molecule has 10 heteroatoms. The van der Waals surface area contributed by atoms with E-state index < -0.39 is 0 Å². The Bertz CT molecular complexity index is 1070. The third-order valence-corrected chi connectivity index (χ3v) is 6.22. The minimum absolute atomic E-state index is 0.256. The first-order valence-corrected chi connectivity index (χ1v) is 11.0. The zero-order chi connectivity index (χ0) is 21.2. The summed E-state index contributed by atoms with van der Waals surface area (Å²) < 4.78 is 17.0. The van der Waals surface area contributed by atoms with E-state index in [1.165, 1.54) is 11.3 Å². The number of rotatable bonds is 6. The normalized spacial score (nSPS) is 18.2. The van der Waals surface area contributed by atoms with E-state index in [4.69, 9.17) is 14.2 Å². The topological polar surface area (TPSA) is 102 Å². The first-order chi connectivity index (χ1) is 15.2. The summed E-state index contributed by atoms with van der Waals surface area (Å²) in [6.45, 7) is 3.68. The molecule has 0 saturated carbocycles. The first-order valence-electron chi connectivity index (χ1n) is 10.1. The predicted octanol–water partition coefficient (Wildman–Crippen LogP) is 2.89. The Morgan fingerprint density at radius 3 is 2.94 bits per heavy atom. The Kier molecular flexibility index (Phi) is 5.47. The van der Waals surface area contributed by atoms with Crippen LogP contribution in [0.25, 0.3) is 0 Å². The van der Waals surface area contributed by atoms with Gasteiger partial charge in [0.2, 0.25) is 0 Å². The van der Waals surface area contributed by atoms with Gasteiger partial charge in [-0.05, 0) is 25.1 Å². The van der Waals surface area contributed by atoms with Gasteiger partial charge in [-0.1, -0.05) is 0 Å². The number of likely N-dealkylation sites (tertiary alicyclic amines) is 1. The van der Waals surface area contributed by atoms with Crippen molar-refractivity contribution in [2.75, 3.05) is 38.7 Å². The van der Waals surface area contributed by atoms with Crippen molar-refractivity contribution in [3.05, 3.63) is 46.7 Å². The summed E-state index contributed by atoms with van der Waals surface area (Å²) >= 11 is 1.38. The highest BCUT2D eigenvalue weighted by Gasteiger charge is 2.27. The van der Waals surface area contributed by atoms with Crippen LogP contribution in [0.5, 0.6) is 17.2 Å². The number of H-pyrrole nitrogens is 1. The molecule has 1 atom stereocenters. The smallest absolute Gasteiger partial charge is 0.277 e. The lowest BCUT2D eigenvalue weighted by Crippen LogP contribution is -2.21. The molecule has 0 unspecified atom stereocenters. The van der Waals surface area contributed by atoms with Gasteiger partial charge in [-0.2, -0.15) is 5.10 Å². The summed E-state index contributed by atoms with van der Waals surface area (Å²) in [4.78, 5) is 18.8. The molecular formula is C21H23N5O4S. The Morgan fingerprint density at radius 1 is 1.32 bits per heavy atom. The zero-order valence-corrected chi connectivity index (χ0v) is 17.9. The van der Waals surface area contributed by atoms with Crippen molar-refractivity contribution in [2.45, 2.75) is 18.9 Å². The third kappa shape index (κ3) is 4.21. The molecule has 2 N–H and O–H groups in total. The van der Waals surface area contributed by atoms with Crippen molar-refractivity contribution in [3.63, 3.8) is 0 Å². The van der Waals surface area contributed by atoms with Crippen molar-refractivity contribution in [3.8, 4) is 17.2 Å². The fourth-order valence-electron chi connectivity index (χ4n) is 4.01. The SMILES string of the molecule is COc1cc2c(cc1CN1CC[C@@H](c3cc(C(=O)Nc4nccs4)n[nH]3)C1)OCCO2. The van der Waals surface area contributed by atoms with Gasteiger partial charge in [0, 0.05) is 47.9 Å². The average molecular weight is 442 g/mol. The molecule has 1 amide bonds. The van der Waals surface area contributed by atoms with E-state index in [1.807, 2.05) is 23.6 Å². The minimum Gasteiger partial charge on any atom is -0.496 e. The maximum Gasteiger partial charge on any atom is 0.277 e. The van der Waals surface area contributed by atoms with E-state index >= 15 is 0 Å². The molecule has 0 bridgehead atoms. The summed E-state index contributed by atoms with van der Waals surface area (Å²) in [6.07, 6.45) is 2.64. The van der Waals surface area contributed by atoms with Crippen molar-refractivity contribution in [1.29, 1.82) is 0 Å². The fourth-order valence-corrected chi connectivity index (χ4v) is 4.53. The molecular weight excluding hydrogens is 418 g/mol. The third-order valence-electron chi connectivity index (χ3n) is 5.53. The molecule has 0 radical (unpaired) electrons. The second-order valence-corrected chi connectivity index (χ2v) is 8.42. The molecule has 1 fully saturated rings. The lowest BCUT2D eigenvalue weighted by atomic mass is 10.0. The molecule has 162 valence electrons. The lowest BCUT2D eigenvalue weighted by molar-refractivity contribution is 0.102. The van der Waals surface area contributed by atoms with Crippen LogP contribution in [0, 0.1) is 0 Å². The quantitative estimate of drug-likeness (QED) is 0.606. The van der Waals surface area contributed by atoms with E-state index in [2.05, 4.69) is 25.4 Å². The van der Waals surface area contributed by atoms with Crippen molar-refractivity contribution in [2.24, 2.45) is 0 Å². The van der Waals surface area contributed by atoms with Gasteiger partial charge >= 0.3 is 0 Å². The van der Waals surface area contributed by atoms with E-state index in [0.717, 1.165) is 54.6 Å². The lowest BCUT2D eigenvalue weighted by Gasteiger charge is -2.23. The number of hydrogen-bond donors (Lipinski definition) is 2. The Labute approximate surface area is 183 Å². The number of hydrogen-bond acceptors (Lipinski definition) is 8. The molecule has 0 aliphatic carbocycles. The van der Waals surface area contributed by atoms with Crippen LogP contribution in [-0.4, -0.2) is 59.4 Å². The van der Waals surface area contributed by atoms with E-state index in [9.17, 15) is 4.79 Å². The number of amides is 1. The van der Waals surface area contributed by atoms with Crippen LogP contribution in [0.2, 0.25) is 0 Å². The van der Waals surface area contributed by atoms with Gasteiger partial charge < -0.3 is 14.2 Å². The molecule has 4 heterocycles. The van der Waals surface area contributed by atoms with Crippen LogP contribution >= 0.6 is 11.3 Å². The Balaban J connectivity index is 1.24. The van der Waals surface area contributed by atoms with E-state index in [-0.39, 0.29) is 11.8 Å². The molecule has 2 aromatic heterocycles. The number of benzene rings is 1. The van der Waals surface area contributed by atoms with Gasteiger partial charge in [-0.15, -0.1) is 11.3 Å². The van der Waals surface area contributed by atoms with E-state index in [1.54, 1.807) is 13.3 Å². The van der Waals surface area contributed by atoms with Crippen LogP contribution in [0.4, 0.5) is 5.13 Å². The van der Waals surface area contributed by atoms with Crippen molar-refractivity contribution in [1.82, 2.24) is 20.1 Å². The monoisotopic (exact) mass is 441 g/mol. The van der Waals surface area contributed by atoms with Crippen LogP contribution < -0.4 is 19.5 Å². The van der Waals surface area contributed by atoms with Gasteiger partial charge in [0.15, 0.2) is 22.3 Å². The largest absolute Gasteiger partial charge is 0.496 e. The number of thiazole rings is 1. The van der Waals surface area contributed by atoms with Gasteiger partial charge in [0.1, 0.15) is 19.0 Å². The second kappa shape index (κ2) is 8.56. The molecule has 2 aliphatic heterocycles. The maximum absolute atomic E-state index is 12.4. The number of aromatic nitrogens is 3. The van der Waals surface area contributed by atoms with Gasteiger partial charge in [-0.25, -0.2) is 4.98 Å². The molecule has 0 spiro atoms. The second-order valence-electron chi connectivity index (χ2n) is 7.53. The number of fused-ring (bicyclic) bond motifs is 1. The molecule has 31 heavy (non-hydrogen) atoms. The summed E-state index contributed by atoms with van der Waals surface area (Å²) in [5.41, 5.74) is 2.42. The summed E-state index contributed by atoms with van der Waals surface area (Å²) in [5, 5.41) is 12.4. The predicted molar refractivity (Wildman–Crippen MR) is 115 cm³/mol. The molecule has 9 nitrogen and oxygen atoms in total. The van der Waals surface area contributed by atoms with Crippen LogP contribution in [0.3, 0.4) is 0 Å². The Hall–Kier alpha value is -3.11. The van der Waals surface area contributed by atoms with Crippen LogP contribution in [0.15, 0.2) is 29.8 Å². The molecule has 1 aromatic carbocycles. The molecule has 5 rings (SSSR count). The van der Waals surface area contributed by atoms with Gasteiger partial charge in [0.25, 0.3) is 5.91 Å². The summed E-state index contributed by atoms with van der Waals surface area (Å²) in [5.74, 6) is 2.33. The fraction of sp³-hybridized carbons (Fsp3) is 0.381. The standard InChI is InChI=1S/C21H23N5O4S/c1-28-17-10-19-18(29-5-6-30-19)8-14(17)12-26-4-2-13(11-26)15-9-16(25-24-15)20(27)23-21-22-3-7-31-21/h3,7-10,13H,2,4-6,11-12H2,1H3,(H,24,25)(H,22,23,27)/t13-/m1/s1. The minimum atomic E-state index is -0.256. The number of aromatic amines is 1. The van der Waals surface area contributed by atoms with Crippen LogP contribution in [-0.2, 0) is 6.54 Å². The Morgan fingerprint density at radius 2 is 2.16 bits per heavy atom. The summed E-state index contributed by atoms with van der Waals surface area (Å²) in [7, 11) is 1.67. The van der Waals surface area contributed by atoms with E-state index in [0.29, 0.717) is 24.0 Å². The maximum atomic E-state index is 12.4. The highest BCUT2D eigenvalue weighted by Crippen LogP contribution is 2.38. The van der Waals surface area contributed by atoms with Crippen LogP contribution in [0.1, 0.15) is 34.1 Å². The highest BCUT2D eigenvalue weighted by atomic mass is 32.1. The number of anilines is 1. The molecule has 1 saturated heterocycles. The number of ether oxygens (including phenoxy) is 3. The highest BCUT2D eigenvalue weighted by molar-refractivity contribution is 7.13. The average Bonchev–Trinajstić information content (AvgIpc) is 3.55. The van der Waals surface area contributed by atoms with Crippen molar-refractivity contribution >= 4 is 22.4 Å². The first kappa shape index (κ1) is 19.8. The van der Waals surface area contributed by atoms with Gasteiger partial charge in [0.05, 0.1) is 7.11 Å². The van der Waals surface area contributed by atoms with Gasteiger partial charge in [-0.3, -0.25) is 20.1 Å². The van der Waals surface area contributed by atoms with Crippen molar-refractivity contribution < 1.29 is 19.0 Å². The molecule has 3 aromatic rings. The number of nitrogens with one attached hydrogen (secondary N) is 2. The zero-order valence-electron chi connectivity index (χ0n) is 17.1. The number of methoxy groups -OCH3 is 1. The summed E-state index contributed by atoms with van der Waals surface area (Å²) in [6, 6.07) is 5.75. The number of nitrogens with zero attached hydrogens (tertiary/aromatic N) is 3. The number of carbonyl (C=O) groups is 1. The molecule has 2 aliphatic rings. The number of carbonyl (C=O) groups excluding carboxylic acids is 1.